The van der Waals surface area contributed by atoms with Crippen LogP contribution in [0.1, 0.15) is 31.2 Å². The van der Waals surface area contributed by atoms with Crippen molar-refractivity contribution in [3.8, 4) is 17.6 Å². The second-order valence-electron chi connectivity index (χ2n) is 8.35. The van der Waals surface area contributed by atoms with Gasteiger partial charge in [0.2, 0.25) is 10.0 Å². The van der Waals surface area contributed by atoms with Crippen LogP contribution in [-0.2, 0) is 14.8 Å². The first-order valence-electron chi connectivity index (χ1n) is 10.9. The van der Waals surface area contributed by atoms with Gasteiger partial charge in [0, 0.05) is 29.2 Å². The summed E-state index contributed by atoms with van der Waals surface area (Å²) in [5.41, 5.74) is 0.186. The van der Waals surface area contributed by atoms with E-state index in [9.17, 15) is 23.6 Å². The van der Waals surface area contributed by atoms with Crippen molar-refractivity contribution in [1.82, 2.24) is 9.21 Å². The average Bonchev–Trinajstić information content (AvgIpc) is 3.29. The zero-order chi connectivity index (χ0) is 24.5. The van der Waals surface area contributed by atoms with Gasteiger partial charge in [-0.1, -0.05) is 23.2 Å². The Bertz CT molecular complexity index is 1220. The topological polar surface area (TPSA) is 111 Å². The summed E-state index contributed by atoms with van der Waals surface area (Å²) in [6.07, 6.45) is 2.50. The average molecular weight is 524 g/mol. The summed E-state index contributed by atoms with van der Waals surface area (Å²) in [4.78, 5) is 13.4. The van der Waals surface area contributed by atoms with Crippen LogP contribution in [0.25, 0.3) is 0 Å². The number of benzene rings is 2. The number of aliphatic carboxylic acids is 1. The number of sulfonamides is 1. The second-order valence-corrected chi connectivity index (χ2v) is 11.1. The first kappa shape index (κ1) is 24.8. The third-order valence-electron chi connectivity index (χ3n) is 6.23. The molecule has 0 radical (unpaired) electrons. The maximum absolute atomic E-state index is 13.6. The van der Waals surface area contributed by atoms with Crippen LogP contribution in [0.5, 0.6) is 11.5 Å². The monoisotopic (exact) mass is 523 g/mol. The Kier molecular flexibility index (Phi) is 7.36. The highest BCUT2D eigenvalue weighted by Gasteiger charge is 2.39. The molecule has 2 aromatic carbocycles. The smallest absolute Gasteiger partial charge is 0.320 e. The highest BCUT2D eigenvalue weighted by molar-refractivity contribution is 7.89. The maximum atomic E-state index is 13.6. The molecule has 0 spiro atoms. The molecule has 2 aliphatic rings. The Morgan fingerprint density at radius 3 is 2.35 bits per heavy atom. The van der Waals surface area contributed by atoms with Crippen LogP contribution in [0.3, 0.4) is 0 Å². The van der Waals surface area contributed by atoms with Gasteiger partial charge in [-0.2, -0.15) is 9.57 Å². The SMILES string of the molecule is N#Cc1ccc(Oc2cc(Cl)cc(Cl)c2)c(S(=O)(=O)N2CCC(N3CCC[C@H]3C(=O)O)CC2)c1. The lowest BCUT2D eigenvalue weighted by molar-refractivity contribution is -0.143. The Labute approximate surface area is 208 Å². The molecule has 2 heterocycles. The summed E-state index contributed by atoms with van der Waals surface area (Å²) in [6.45, 7) is 1.20. The summed E-state index contributed by atoms with van der Waals surface area (Å²) in [5.74, 6) is -0.500. The number of hydrogen-bond donors (Lipinski definition) is 1. The lowest BCUT2D eigenvalue weighted by Gasteiger charge is -2.37. The summed E-state index contributed by atoms with van der Waals surface area (Å²) in [6, 6.07) is 10.3. The number of rotatable bonds is 6. The van der Waals surface area contributed by atoms with Crippen molar-refractivity contribution in [3.05, 3.63) is 52.0 Å². The summed E-state index contributed by atoms with van der Waals surface area (Å²) < 4.78 is 34.4. The van der Waals surface area contributed by atoms with E-state index in [4.69, 9.17) is 27.9 Å². The van der Waals surface area contributed by atoms with Crippen molar-refractivity contribution in [2.75, 3.05) is 19.6 Å². The van der Waals surface area contributed by atoms with Gasteiger partial charge in [0.1, 0.15) is 22.4 Å². The van der Waals surface area contributed by atoms with Crippen LogP contribution in [0.15, 0.2) is 41.3 Å². The van der Waals surface area contributed by atoms with E-state index >= 15 is 0 Å². The molecule has 0 amide bonds. The molecule has 11 heteroatoms. The number of ether oxygens (including phenoxy) is 1. The van der Waals surface area contributed by atoms with Gasteiger partial charge in [-0.25, -0.2) is 8.42 Å². The Morgan fingerprint density at radius 1 is 1.06 bits per heavy atom. The zero-order valence-electron chi connectivity index (χ0n) is 18.2. The Balaban J connectivity index is 1.57. The third-order valence-corrected chi connectivity index (χ3v) is 8.58. The number of carboxylic acid groups (broad SMARTS) is 1. The molecule has 1 N–H and O–H groups in total. The third kappa shape index (κ3) is 5.16. The Hall–Kier alpha value is -2.35. The highest BCUT2D eigenvalue weighted by Crippen LogP contribution is 2.35. The molecule has 2 aromatic rings. The predicted molar refractivity (Wildman–Crippen MR) is 127 cm³/mol. The summed E-state index contributed by atoms with van der Waals surface area (Å²) in [7, 11) is -3.99. The van der Waals surface area contributed by atoms with E-state index in [-0.39, 0.29) is 41.1 Å². The fourth-order valence-electron chi connectivity index (χ4n) is 4.62. The van der Waals surface area contributed by atoms with E-state index in [0.29, 0.717) is 35.9 Å². The minimum atomic E-state index is -3.99. The molecule has 34 heavy (non-hydrogen) atoms. The highest BCUT2D eigenvalue weighted by atomic mass is 35.5. The van der Waals surface area contributed by atoms with E-state index in [1.165, 1.54) is 40.7 Å². The lowest BCUT2D eigenvalue weighted by atomic mass is 10.0. The van der Waals surface area contributed by atoms with Crippen LogP contribution >= 0.6 is 23.2 Å². The molecule has 2 saturated heterocycles. The van der Waals surface area contributed by atoms with Gasteiger partial charge >= 0.3 is 5.97 Å². The summed E-state index contributed by atoms with van der Waals surface area (Å²) >= 11 is 12.1. The Morgan fingerprint density at radius 2 is 1.74 bits per heavy atom. The van der Waals surface area contributed by atoms with Crippen molar-refractivity contribution in [1.29, 1.82) is 5.26 Å². The molecule has 2 fully saturated rings. The van der Waals surface area contributed by atoms with Gasteiger partial charge in [-0.05, 0) is 68.6 Å². The van der Waals surface area contributed by atoms with E-state index < -0.39 is 22.0 Å². The summed E-state index contributed by atoms with van der Waals surface area (Å²) in [5, 5.41) is 19.5. The second kappa shape index (κ2) is 10.1. The van der Waals surface area contributed by atoms with Crippen molar-refractivity contribution >= 4 is 39.2 Å². The molecule has 0 aliphatic carbocycles. The predicted octanol–water partition coefficient (Wildman–Crippen LogP) is 4.36. The van der Waals surface area contributed by atoms with E-state index in [1.807, 2.05) is 11.0 Å². The number of carbonyl (C=O) groups is 1. The first-order chi connectivity index (χ1) is 16.2. The van der Waals surface area contributed by atoms with Crippen molar-refractivity contribution < 1.29 is 23.1 Å². The van der Waals surface area contributed by atoms with Crippen LogP contribution in [-0.4, -0.2) is 60.4 Å². The largest absolute Gasteiger partial charge is 0.480 e. The van der Waals surface area contributed by atoms with Gasteiger partial charge in [0.25, 0.3) is 0 Å². The number of carboxylic acids is 1. The van der Waals surface area contributed by atoms with E-state index in [0.717, 1.165) is 6.42 Å². The van der Waals surface area contributed by atoms with Crippen LogP contribution in [0.2, 0.25) is 10.0 Å². The quantitative estimate of drug-likeness (QED) is 0.598. The molecule has 0 bridgehead atoms. The number of nitrogens with zero attached hydrogens (tertiary/aromatic N) is 3. The lowest BCUT2D eigenvalue weighted by Crippen LogP contribution is -2.49. The molecule has 8 nitrogen and oxygen atoms in total. The number of piperidine rings is 1. The molecule has 4 rings (SSSR count). The van der Waals surface area contributed by atoms with Crippen LogP contribution in [0.4, 0.5) is 0 Å². The molecule has 0 saturated carbocycles. The molecule has 0 unspecified atom stereocenters. The van der Waals surface area contributed by atoms with Gasteiger partial charge in [0.05, 0.1) is 11.6 Å². The number of hydrogen-bond acceptors (Lipinski definition) is 6. The van der Waals surface area contributed by atoms with Crippen molar-refractivity contribution in [2.24, 2.45) is 0 Å². The maximum Gasteiger partial charge on any atom is 0.320 e. The van der Waals surface area contributed by atoms with Gasteiger partial charge in [0.15, 0.2) is 0 Å². The zero-order valence-corrected chi connectivity index (χ0v) is 20.5. The molecular weight excluding hydrogens is 501 g/mol. The van der Waals surface area contributed by atoms with E-state index in [2.05, 4.69) is 0 Å². The normalized spacial score (nSPS) is 20.2. The minimum absolute atomic E-state index is 0.0183. The van der Waals surface area contributed by atoms with Crippen LogP contribution < -0.4 is 4.74 Å². The first-order valence-corrected chi connectivity index (χ1v) is 13.1. The van der Waals surface area contributed by atoms with Gasteiger partial charge in [-0.3, -0.25) is 9.69 Å². The fourth-order valence-corrected chi connectivity index (χ4v) is 6.74. The van der Waals surface area contributed by atoms with E-state index in [1.54, 1.807) is 0 Å². The van der Waals surface area contributed by atoms with Gasteiger partial charge in [-0.15, -0.1) is 0 Å². The number of nitriles is 1. The molecule has 2 aliphatic heterocycles. The standard InChI is InChI=1S/C23H23Cl2N3O5S/c24-16-11-17(25)13-19(12-16)33-21-4-3-15(14-26)10-22(21)34(31,32)27-8-5-18(6-9-27)28-7-1-2-20(28)23(29)30/h3-4,10-13,18,20H,1-2,5-9H2,(H,29,30)/t20-/m0/s1. The van der Waals surface area contributed by atoms with Gasteiger partial charge < -0.3 is 9.84 Å². The molecule has 180 valence electrons. The minimum Gasteiger partial charge on any atom is -0.480 e. The molecule has 1 atom stereocenters. The van der Waals surface area contributed by atoms with Crippen molar-refractivity contribution in [3.63, 3.8) is 0 Å². The van der Waals surface area contributed by atoms with Crippen LogP contribution in [0, 0.1) is 11.3 Å². The fraction of sp³-hybridized carbons (Fsp3) is 0.391. The molecular formula is C23H23Cl2N3O5S. The number of halogens is 2. The number of likely N-dealkylation sites (tertiary alicyclic amines) is 1. The van der Waals surface area contributed by atoms with Crippen molar-refractivity contribution in [2.45, 2.75) is 42.7 Å². The molecule has 0 aromatic heterocycles.